The van der Waals surface area contributed by atoms with Crippen LogP contribution >= 0.6 is 0 Å². The topological polar surface area (TPSA) is 74.2 Å². The number of para-hydroxylation sites is 1. The summed E-state index contributed by atoms with van der Waals surface area (Å²) in [5, 5.41) is 3.75. The van der Waals surface area contributed by atoms with Crippen LogP contribution in [0.25, 0.3) is 22.5 Å². The van der Waals surface area contributed by atoms with Crippen molar-refractivity contribution in [3.63, 3.8) is 0 Å². The number of nitrogens with zero attached hydrogens (tertiary/aromatic N) is 2. The van der Waals surface area contributed by atoms with Crippen molar-refractivity contribution in [1.82, 2.24) is 10.1 Å². The number of benzene rings is 1. The van der Waals surface area contributed by atoms with E-state index < -0.39 is 5.82 Å². The largest absolute Gasteiger partial charge is 0.496 e. The Kier molecular flexibility index (Phi) is 3.27. The molecule has 0 aliphatic carbocycles. The van der Waals surface area contributed by atoms with Gasteiger partial charge in [0.25, 0.3) is 0 Å². The molecular weight excluding hydrogens is 273 g/mol. The van der Waals surface area contributed by atoms with E-state index in [2.05, 4.69) is 10.1 Å². The lowest BCUT2D eigenvalue weighted by atomic mass is 10.0. The number of hydrogen-bond donors (Lipinski definition) is 1. The Morgan fingerprint density at radius 2 is 2.00 bits per heavy atom. The Hall–Kier alpha value is -2.89. The minimum atomic E-state index is -0.509. The lowest BCUT2D eigenvalue weighted by molar-refractivity contribution is 0.416. The number of methoxy groups -OCH3 is 1. The highest BCUT2D eigenvalue weighted by atomic mass is 19.1. The van der Waals surface area contributed by atoms with Crippen molar-refractivity contribution in [2.24, 2.45) is 0 Å². The molecule has 0 unspecified atom stereocenters. The van der Waals surface area contributed by atoms with Crippen LogP contribution in [0.1, 0.15) is 0 Å². The average molecular weight is 285 g/mol. The van der Waals surface area contributed by atoms with Gasteiger partial charge in [0, 0.05) is 11.8 Å². The van der Waals surface area contributed by atoms with Crippen LogP contribution < -0.4 is 10.5 Å². The summed E-state index contributed by atoms with van der Waals surface area (Å²) in [6, 6.07) is 8.77. The number of ether oxygens (including phenoxy) is 1. The molecule has 3 aromatic rings. The third-order valence-corrected chi connectivity index (χ3v) is 3.11. The number of nitrogens with two attached hydrogens (primary N) is 1. The quantitative estimate of drug-likeness (QED) is 0.800. The SMILES string of the molecule is COc1ccccc1-c1c(N)noc1-c1ccncc1F. The molecule has 106 valence electrons. The van der Waals surface area contributed by atoms with Crippen LogP contribution in [-0.2, 0) is 0 Å². The predicted octanol–water partition coefficient (Wildman–Crippen LogP) is 3.13. The van der Waals surface area contributed by atoms with Crippen LogP contribution in [-0.4, -0.2) is 17.3 Å². The van der Waals surface area contributed by atoms with E-state index in [1.165, 1.54) is 12.3 Å². The second kappa shape index (κ2) is 5.24. The van der Waals surface area contributed by atoms with Crippen molar-refractivity contribution in [3.05, 3.63) is 48.5 Å². The number of hydrogen-bond acceptors (Lipinski definition) is 5. The summed E-state index contributed by atoms with van der Waals surface area (Å²) in [6.07, 6.45) is 2.59. The predicted molar refractivity (Wildman–Crippen MR) is 76.1 cm³/mol. The van der Waals surface area contributed by atoms with Crippen LogP contribution in [0, 0.1) is 5.82 Å². The van der Waals surface area contributed by atoms with E-state index in [1.807, 2.05) is 18.2 Å². The van der Waals surface area contributed by atoms with Crippen molar-refractivity contribution in [3.8, 4) is 28.2 Å². The van der Waals surface area contributed by atoms with Gasteiger partial charge in [-0.2, -0.15) is 0 Å². The molecule has 2 heterocycles. The van der Waals surface area contributed by atoms with Crippen molar-refractivity contribution < 1.29 is 13.7 Å². The van der Waals surface area contributed by atoms with Gasteiger partial charge in [0.2, 0.25) is 0 Å². The molecule has 0 amide bonds. The second-order valence-electron chi connectivity index (χ2n) is 4.33. The number of nitrogen functional groups attached to an aromatic ring is 1. The highest BCUT2D eigenvalue weighted by Crippen LogP contribution is 2.41. The van der Waals surface area contributed by atoms with Crippen LogP contribution in [0.2, 0.25) is 0 Å². The molecule has 0 radical (unpaired) electrons. The normalized spacial score (nSPS) is 10.6. The fourth-order valence-corrected chi connectivity index (χ4v) is 2.16. The van der Waals surface area contributed by atoms with Crippen molar-refractivity contribution in [2.75, 3.05) is 12.8 Å². The molecule has 0 aliphatic heterocycles. The smallest absolute Gasteiger partial charge is 0.180 e. The van der Waals surface area contributed by atoms with E-state index in [0.29, 0.717) is 16.9 Å². The molecule has 0 aliphatic rings. The van der Waals surface area contributed by atoms with Crippen LogP contribution in [0.15, 0.2) is 47.2 Å². The van der Waals surface area contributed by atoms with Crippen molar-refractivity contribution >= 4 is 5.82 Å². The highest BCUT2D eigenvalue weighted by molar-refractivity contribution is 5.89. The minimum absolute atomic E-state index is 0.172. The molecule has 0 atom stereocenters. The Morgan fingerprint density at radius 1 is 1.19 bits per heavy atom. The van der Waals surface area contributed by atoms with E-state index in [9.17, 15) is 4.39 Å². The maximum Gasteiger partial charge on any atom is 0.180 e. The first-order chi connectivity index (χ1) is 10.2. The number of rotatable bonds is 3. The summed E-state index contributed by atoms with van der Waals surface area (Å²) in [7, 11) is 1.55. The molecule has 1 aromatic carbocycles. The minimum Gasteiger partial charge on any atom is -0.496 e. The number of aromatic nitrogens is 2. The average Bonchev–Trinajstić information content (AvgIpc) is 2.89. The summed E-state index contributed by atoms with van der Waals surface area (Å²) in [6.45, 7) is 0. The molecule has 0 saturated carbocycles. The van der Waals surface area contributed by atoms with Gasteiger partial charge in [0.15, 0.2) is 17.4 Å². The zero-order chi connectivity index (χ0) is 14.8. The van der Waals surface area contributed by atoms with Gasteiger partial charge in [-0.1, -0.05) is 23.4 Å². The monoisotopic (exact) mass is 285 g/mol. The summed E-state index contributed by atoms with van der Waals surface area (Å²) in [5.41, 5.74) is 7.31. The first-order valence-corrected chi connectivity index (χ1v) is 6.20. The van der Waals surface area contributed by atoms with Crippen LogP contribution in [0.4, 0.5) is 10.2 Å². The molecule has 2 N–H and O–H groups in total. The molecule has 0 saturated heterocycles. The fourth-order valence-electron chi connectivity index (χ4n) is 2.16. The lowest BCUT2D eigenvalue weighted by Crippen LogP contribution is -1.93. The fraction of sp³-hybridized carbons (Fsp3) is 0.0667. The molecule has 2 aromatic heterocycles. The van der Waals surface area contributed by atoms with E-state index in [4.69, 9.17) is 15.0 Å². The third-order valence-electron chi connectivity index (χ3n) is 3.11. The van der Waals surface area contributed by atoms with Gasteiger partial charge in [-0.25, -0.2) is 4.39 Å². The second-order valence-corrected chi connectivity index (χ2v) is 4.33. The zero-order valence-corrected chi connectivity index (χ0v) is 11.2. The van der Waals surface area contributed by atoms with Gasteiger partial charge < -0.3 is 15.0 Å². The van der Waals surface area contributed by atoms with Gasteiger partial charge in [-0.3, -0.25) is 4.98 Å². The van der Waals surface area contributed by atoms with Gasteiger partial charge in [0.05, 0.1) is 24.4 Å². The summed E-state index contributed by atoms with van der Waals surface area (Å²) in [5.74, 6) is 0.510. The van der Waals surface area contributed by atoms with Gasteiger partial charge in [-0.05, 0) is 12.1 Å². The number of anilines is 1. The van der Waals surface area contributed by atoms with E-state index >= 15 is 0 Å². The standard InChI is InChI=1S/C15H12FN3O2/c1-20-12-5-3-2-4-10(12)13-14(21-19-15(13)17)9-6-7-18-8-11(9)16/h2-8H,1H3,(H2,17,19). The van der Waals surface area contributed by atoms with Crippen LogP contribution in [0.5, 0.6) is 5.75 Å². The first-order valence-electron chi connectivity index (χ1n) is 6.20. The molecule has 0 bridgehead atoms. The number of halogens is 1. The summed E-state index contributed by atoms with van der Waals surface area (Å²) < 4.78 is 24.5. The molecule has 3 rings (SSSR count). The molecule has 21 heavy (non-hydrogen) atoms. The van der Waals surface area contributed by atoms with E-state index in [1.54, 1.807) is 13.2 Å². The Balaban J connectivity index is 2.25. The molecular formula is C15H12FN3O2. The maximum absolute atomic E-state index is 13.9. The molecule has 0 spiro atoms. The van der Waals surface area contributed by atoms with Crippen molar-refractivity contribution in [2.45, 2.75) is 0 Å². The summed E-state index contributed by atoms with van der Waals surface area (Å²) >= 11 is 0. The molecule has 6 heteroatoms. The lowest BCUT2D eigenvalue weighted by Gasteiger charge is -2.08. The van der Waals surface area contributed by atoms with Crippen LogP contribution in [0.3, 0.4) is 0 Å². The number of pyridine rings is 1. The Bertz CT molecular complexity index is 786. The van der Waals surface area contributed by atoms with Gasteiger partial charge in [0.1, 0.15) is 5.75 Å². The van der Waals surface area contributed by atoms with Gasteiger partial charge >= 0.3 is 0 Å². The highest BCUT2D eigenvalue weighted by Gasteiger charge is 2.22. The zero-order valence-electron chi connectivity index (χ0n) is 11.2. The van der Waals surface area contributed by atoms with Crippen molar-refractivity contribution in [1.29, 1.82) is 0 Å². The Labute approximate surface area is 120 Å². The van der Waals surface area contributed by atoms with E-state index in [-0.39, 0.29) is 17.1 Å². The third kappa shape index (κ3) is 2.20. The van der Waals surface area contributed by atoms with Gasteiger partial charge in [-0.15, -0.1) is 0 Å². The molecule has 0 fully saturated rings. The van der Waals surface area contributed by atoms with E-state index in [0.717, 1.165) is 6.20 Å². The summed E-state index contributed by atoms with van der Waals surface area (Å²) in [4.78, 5) is 3.72. The Morgan fingerprint density at radius 3 is 2.76 bits per heavy atom. The molecule has 5 nitrogen and oxygen atoms in total. The first kappa shape index (κ1) is 13.1. The maximum atomic E-state index is 13.9.